The molecule has 31 heavy (non-hydrogen) atoms. The molecule has 4 rings (SSSR count). The molecule has 160 valence electrons. The molecule has 0 bridgehead atoms. The summed E-state index contributed by atoms with van der Waals surface area (Å²) in [6, 6.07) is 12.8. The minimum absolute atomic E-state index is 0.00904. The van der Waals surface area contributed by atoms with Gasteiger partial charge in [0.05, 0.1) is 17.8 Å². The summed E-state index contributed by atoms with van der Waals surface area (Å²) >= 11 is 0. The first kappa shape index (κ1) is 20.4. The minimum Gasteiger partial charge on any atom is -0.492 e. The average Bonchev–Trinajstić information content (AvgIpc) is 3.22. The van der Waals surface area contributed by atoms with Gasteiger partial charge < -0.3 is 25.4 Å². The largest absolute Gasteiger partial charge is 0.492 e. The lowest BCUT2D eigenvalue weighted by atomic mass is 10.1. The fraction of sp³-hybridized carbons (Fsp3) is 0.273. The van der Waals surface area contributed by atoms with Gasteiger partial charge in [-0.2, -0.15) is 0 Å². The zero-order valence-electron chi connectivity index (χ0n) is 17.2. The third kappa shape index (κ3) is 4.50. The molecule has 0 spiro atoms. The number of nitrogens with one attached hydrogen (secondary N) is 3. The fourth-order valence-electron chi connectivity index (χ4n) is 3.35. The molecule has 2 amide bonds. The number of hydrogen-bond donors (Lipinski definition) is 3. The van der Waals surface area contributed by atoms with Gasteiger partial charge in [0.15, 0.2) is 0 Å². The normalized spacial score (nSPS) is 16.3. The SMILES string of the molecule is CCOc1cc2ncnc(N[C@@H](C)c3ccccc3)c2cc1NC(=O)[C@H]1COC(=O)N1. The Morgan fingerprint density at radius 3 is 2.81 bits per heavy atom. The molecule has 0 saturated carbocycles. The summed E-state index contributed by atoms with van der Waals surface area (Å²) in [6.45, 7) is 4.30. The average molecular weight is 421 g/mol. The maximum atomic E-state index is 12.6. The number of amides is 2. The molecule has 3 N–H and O–H groups in total. The molecule has 0 unspecified atom stereocenters. The van der Waals surface area contributed by atoms with Crippen LogP contribution in [0.25, 0.3) is 10.9 Å². The topological polar surface area (TPSA) is 114 Å². The van der Waals surface area contributed by atoms with Crippen molar-refractivity contribution in [1.29, 1.82) is 0 Å². The van der Waals surface area contributed by atoms with E-state index in [-0.39, 0.29) is 12.6 Å². The molecule has 1 fully saturated rings. The van der Waals surface area contributed by atoms with Crippen molar-refractivity contribution in [2.75, 3.05) is 23.8 Å². The smallest absolute Gasteiger partial charge is 0.407 e. The van der Waals surface area contributed by atoms with Crippen LogP contribution in [0.5, 0.6) is 5.75 Å². The summed E-state index contributed by atoms with van der Waals surface area (Å²) in [6.07, 6.45) is 0.875. The third-order valence-electron chi connectivity index (χ3n) is 4.94. The van der Waals surface area contributed by atoms with E-state index in [2.05, 4.69) is 25.9 Å². The van der Waals surface area contributed by atoms with Gasteiger partial charge in [-0.15, -0.1) is 0 Å². The Balaban J connectivity index is 1.66. The van der Waals surface area contributed by atoms with Gasteiger partial charge in [0.25, 0.3) is 5.91 Å². The molecule has 2 atom stereocenters. The lowest BCUT2D eigenvalue weighted by molar-refractivity contribution is -0.117. The molecular formula is C22H23N5O4. The van der Waals surface area contributed by atoms with Crippen LogP contribution in [0.2, 0.25) is 0 Å². The molecule has 9 heteroatoms. The van der Waals surface area contributed by atoms with Crippen LogP contribution in [0.1, 0.15) is 25.5 Å². The van der Waals surface area contributed by atoms with Crippen LogP contribution in [0, 0.1) is 0 Å². The highest BCUT2D eigenvalue weighted by molar-refractivity contribution is 6.02. The maximum Gasteiger partial charge on any atom is 0.407 e. The van der Waals surface area contributed by atoms with E-state index in [4.69, 9.17) is 9.47 Å². The number of carbonyl (C=O) groups excluding carboxylic acids is 2. The van der Waals surface area contributed by atoms with E-state index in [1.807, 2.05) is 44.2 Å². The first-order valence-electron chi connectivity index (χ1n) is 10.0. The summed E-state index contributed by atoms with van der Waals surface area (Å²) in [5.74, 6) is 0.724. The summed E-state index contributed by atoms with van der Waals surface area (Å²) in [7, 11) is 0. The molecule has 1 aliphatic rings. The Labute approximate surface area is 179 Å². The number of rotatable bonds is 7. The van der Waals surface area contributed by atoms with E-state index in [0.29, 0.717) is 29.4 Å². The molecule has 1 aromatic heterocycles. The highest BCUT2D eigenvalue weighted by Gasteiger charge is 2.29. The van der Waals surface area contributed by atoms with Crippen molar-refractivity contribution < 1.29 is 19.1 Å². The second kappa shape index (κ2) is 8.86. The van der Waals surface area contributed by atoms with Crippen molar-refractivity contribution >= 4 is 34.4 Å². The Morgan fingerprint density at radius 1 is 1.29 bits per heavy atom. The van der Waals surface area contributed by atoms with Crippen LogP contribution in [0.15, 0.2) is 48.8 Å². The third-order valence-corrected chi connectivity index (χ3v) is 4.94. The van der Waals surface area contributed by atoms with Gasteiger partial charge in [-0.05, 0) is 25.5 Å². The second-order valence-corrected chi connectivity index (χ2v) is 7.08. The van der Waals surface area contributed by atoms with E-state index in [0.717, 1.165) is 10.9 Å². The Bertz CT molecular complexity index is 1110. The van der Waals surface area contributed by atoms with Gasteiger partial charge >= 0.3 is 6.09 Å². The molecule has 2 aromatic carbocycles. The number of hydrogen-bond acceptors (Lipinski definition) is 7. The number of fused-ring (bicyclic) bond motifs is 1. The molecule has 9 nitrogen and oxygen atoms in total. The number of cyclic esters (lactones) is 1. The van der Waals surface area contributed by atoms with Gasteiger partial charge in [0.2, 0.25) is 0 Å². The zero-order valence-corrected chi connectivity index (χ0v) is 17.2. The monoisotopic (exact) mass is 421 g/mol. The molecular weight excluding hydrogens is 398 g/mol. The Morgan fingerprint density at radius 2 is 2.10 bits per heavy atom. The number of alkyl carbamates (subject to hydrolysis) is 1. The van der Waals surface area contributed by atoms with Crippen LogP contribution in [-0.2, 0) is 9.53 Å². The number of carbonyl (C=O) groups is 2. The van der Waals surface area contributed by atoms with Crippen LogP contribution < -0.4 is 20.7 Å². The minimum atomic E-state index is -0.764. The van der Waals surface area contributed by atoms with Crippen LogP contribution >= 0.6 is 0 Å². The van der Waals surface area contributed by atoms with Crippen molar-refractivity contribution in [3.05, 3.63) is 54.4 Å². The summed E-state index contributed by atoms with van der Waals surface area (Å²) < 4.78 is 10.5. The molecule has 0 aliphatic carbocycles. The summed E-state index contributed by atoms with van der Waals surface area (Å²) in [4.78, 5) is 32.6. The Kier molecular flexibility index (Phi) is 5.83. The van der Waals surface area contributed by atoms with Crippen molar-refractivity contribution in [3.63, 3.8) is 0 Å². The zero-order chi connectivity index (χ0) is 21.8. The van der Waals surface area contributed by atoms with Crippen molar-refractivity contribution in [3.8, 4) is 5.75 Å². The fourth-order valence-corrected chi connectivity index (χ4v) is 3.35. The first-order chi connectivity index (χ1) is 15.0. The molecule has 3 aromatic rings. The summed E-state index contributed by atoms with van der Waals surface area (Å²) in [5, 5.41) is 9.43. The van der Waals surface area contributed by atoms with E-state index in [1.54, 1.807) is 12.1 Å². The molecule has 0 radical (unpaired) electrons. The van der Waals surface area contributed by atoms with E-state index >= 15 is 0 Å². The van der Waals surface area contributed by atoms with Crippen LogP contribution in [-0.4, -0.2) is 41.2 Å². The number of benzene rings is 2. The van der Waals surface area contributed by atoms with E-state index in [1.165, 1.54) is 6.33 Å². The Hall–Kier alpha value is -3.88. The molecule has 1 aliphatic heterocycles. The van der Waals surface area contributed by atoms with Crippen LogP contribution in [0.3, 0.4) is 0 Å². The van der Waals surface area contributed by atoms with Gasteiger partial charge in [0.1, 0.15) is 30.5 Å². The first-order valence-corrected chi connectivity index (χ1v) is 10.0. The predicted octanol–water partition coefficient (Wildman–Crippen LogP) is 3.25. The van der Waals surface area contributed by atoms with Crippen molar-refractivity contribution in [2.45, 2.75) is 25.9 Å². The lowest BCUT2D eigenvalue weighted by Gasteiger charge is -2.18. The predicted molar refractivity (Wildman–Crippen MR) is 116 cm³/mol. The highest BCUT2D eigenvalue weighted by atomic mass is 16.6. The quantitative estimate of drug-likeness (QED) is 0.536. The van der Waals surface area contributed by atoms with Crippen LogP contribution in [0.4, 0.5) is 16.3 Å². The standard InChI is InChI=1S/C22H23N5O4/c1-3-30-19-10-16-15(9-17(19)26-21(28)18-11-31-22(29)27-18)20(24-12-23-16)25-13(2)14-7-5-4-6-8-14/h4-10,12-13,18H,3,11H2,1-2H3,(H,26,28)(H,27,29)(H,23,24,25)/t13-,18+/m0/s1. The lowest BCUT2D eigenvalue weighted by Crippen LogP contribution is -2.38. The van der Waals surface area contributed by atoms with E-state index in [9.17, 15) is 9.59 Å². The van der Waals surface area contributed by atoms with Gasteiger partial charge in [0, 0.05) is 17.5 Å². The van der Waals surface area contributed by atoms with Gasteiger partial charge in [-0.1, -0.05) is 30.3 Å². The molecule has 2 heterocycles. The van der Waals surface area contributed by atoms with Crippen molar-refractivity contribution in [1.82, 2.24) is 15.3 Å². The number of ether oxygens (including phenoxy) is 2. The number of aromatic nitrogens is 2. The highest BCUT2D eigenvalue weighted by Crippen LogP contribution is 2.33. The number of anilines is 2. The second-order valence-electron chi connectivity index (χ2n) is 7.08. The van der Waals surface area contributed by atoms with Gasteiger partial charge in [-0.25, -0.2) is 14.8 Å². The van der Waals surface area contributed by atoms with Crippen molar-refractivity contribution in [2.24, 2.45) is 0 Å². The number of nitrogens with zero attached hydrogens (tertiary/aromatic N) is 2. The van der Waals surface area contributed by atoms with Gasteiger partial charge in [-0.3, -0.25) is 4.79 Å². The van der Waals surface area contributed by atoms with E-state index < -0.39 is 18.0 Å². The summed E-state index contributed by atoms with van der Waals surface area (Å²) in [5.41, 5.74) is 2.26. The maximum absolute atomic E-state index is 12.6. The molecule has 1 saturated heterocycles.